The number of Topliss-reactive ketones (excluding diaryl/α,β-unsaturated/α-hetero) is 1. The zero-order chi connectivity index (χ0) is 12.0. The maximum atomic E-state index is 11.0. The Bertz CT molecular complexity index is 432. The molecule has 2 aromatic heterocycles. The van der Waals surface area contributed by atoms with Crippen molar-refractivity contribution in [1.82, 2.24) is 9.13 Å². The Balaban J connectivity index is 0.000000181. The molecule has 2 aromatic rings. The standard InChI is InChI=1S/C7H8BrNO.C5H7N/c1-9-4-2-3-6(9)7(10)5-8;1-6-4-2-3-5-6/h2-4H,5H2,1H3;2-5H,1H3. The van der Waals surface area contributed by atoms with Crippen LogP contribution in [0.4, 0.5) is 0 Å². The number of rotatable bonds is 2. The minimum Gasteiger partial charge on any atom is -0.357 e. The van der Waals surface area contributed by atoms with Gasteiger partial charge in [0.2, 0.25) is 0 Å². The molecule has 0 spiro atoms. The number of nitrogens with zero attached hydrogens (tertiary/aromatic N) is 2. The van der Waals surface area contributed by atoms with Crippen LogP contribution in [0.1, 0.15) is 10.5 Å². The smallest absolute Gasteiger partial charge is 0.189 e. The third-order valence-corrected chi connectivity index (χ3v) is 2.61. The lowest BCUT2D eigenvalue weighted by atomic mass is 10.3. The SMILES string of the molecule is Cn1cccc1.Cn1cccc1C(=O)CBr. The first kappa shape index (κ1) is 12.8. The highest BCUT2D eigenvalue weighted by Gasteiger charge is 2.05. The van der Waals surface area contributed by atoms with Crippen molar-refractivity contribution in [3.05, 3.63) is 48.5 Å². The number of alkyl halides is 1. The van der Waals surface area contributed by atoms with Crippen LogP contribution >= 0.6 is 15.9 Å². The van der Waals surface area contributed by atoms with Gasteiger partial charge in [0.25, 0.3) is 0 Å². The third-order valence-electron chi connectivity index (χ3n) is 2.10. The topological polar surface area (TPSA) is 26.9 Å². The quantitative estimate of drug-likeness (QED) is 0.615. The van der Waals surface area contributed by atoms with Gasteiger partial charge in [-0.1, -0.05) is 15.9 Å². The summed E-state index contributed by atoms with van der Waals surface area (Å²) in [4.78, 5) is 11.0. The maximum absolute atomic E-state index is 11.0. The van der Waals surface area contributed by atoms with E-state index in [0.717, 1.165) is 5.69 Å². The van der Waals surface area contributed by atoms with E-state index in [1.165, 1.54) is 0 Å². The number of carbonyl (C=O) groups is 1. The lowest BCUT2D eigenvalue weighted by Crippen LogP contribution is -2.05. The van der Waals surface area contributed by atoms with Gasteiger partial charge in [-0.3, -0.25) is 4.79 Å². The molecule has 0 fully saturated rings. The molecule has 86 valence electrons. The molecule has 0 atom stereocenters. The van der Waals surface area contributed by atoms with Crippen molar-refractivity contribution < 1.29 is 4.79 Å². The molecule has 4 heteroatoms. The lowest BCUT2D eigenvalue weighted by Gasteiger charge is -1.96. The van der Waals surface area contributed by atoms with Gasteiger partial charge < -0.3 is 9.13 Å². The van der Waals surface area contributed by atoms with E-state index in [2.05, 4.69) is 15.9 Å². The van der Waals surface area contributed by atoms with Crippen LogP contribution in [0.25, 0.3) is 0 Å². The van der Waals surface area contributed by atoms with Crippen molar-refractivity contribution in [2.24, 2.45) is 14.1 Å². The molecular weight excluding hydrogens is 268 g/mol. The second-order valence-electron chi connectivity index (χ2n) is 3.41. The normalized spacial score (nSPS) is 9.44. The molecule has 0 aliphatic heterocycles. The molecule has 0 bridgehead atoms. The fourth-order valence-corrected chi connectivity index (χ4v) is 1.53. The summed E-state index contributed by atoms with van der Waals surface area (Å²) in [5.74, 6) is 0.118. The molecule has 0 aliphatic carbocycles. The highest BCUT2D eigenvalue weighted by molar-refractivity contribution is 9.09. The maximum Gasteiger partial charge on any atom is 0.189 e. The van der Waals surface area contributed by atoms with Gasteiger partial charge >= 0.3 is 0 Å². The molecule has 2 rings (SSSR count). The predicted octanol–water partition coefficient (Wildman–Crippen LogP) is 2.63. The van der Waals surface area contributed by atoms with Gasteiger partial charge in [-0.25, -0.2) is 0 Å². The summed E-state index contributed by atoms with van der Waals surface area (Å²) in [5, 5.41) is 0.394. The number of carbonyl (C=O) groups excluding carboxylic acids is 1. The molecule has 0 N–H and O–H groups in total. The van der Waals surface area contributed by atoms with Crippen LogP contribution in [0.2, 0.25) is 0 Å². The van der Waals surface area contributed by atoms with Gasteiger partial charge in [0.05, 0.1) is 11.0 Å². The molecule has 0 aliphatic rings. The summed E-state index contributed by atoms with van der Waals surface area (Å²) in [7, 11) is 3.86. The van der Waals surface area contributed by atoms with Gasteiger partial charge in [0.1, 0.15) is 0 Å². The number of halogens is 1. The highest BCUT2D eigenvalue weighted by atomic mass is 79.9. The predicted molar refractivity (Wildman–Crippen MR) is 69.0 cm³/mol. The largest absolute Gasteiger partial charge is 0.357 e. The van der Waals surface area contributed by atoms with Gasteiger partial charge in [0, 0.05) is 32.7 Å². The molecule has 0 aromatic carbocycles. The third kappa shape index (κ3) is 3.70. The summed E-state index contributed by atoms with van der Waals surface area (Å²) in [6, 6.07) is 7.67. The monoisotopic (exact) mass is 282 g/mol. The Morgan fingerprint density at radius 2 is 1.81 bits per heavy atom. The summed E-state index contributed by atoms with van der Waals surface area (Å²) >= 11 is 3.11. The van der Waals surface area contributed by atoms with Gasteiger partial charge in [-0.15, -0.1) is 0 Å². The number of aryl methyl sites for hydroxylation is 2. The molecule has 0 radical (unpaired) electrons. The van der Waals surface area contributed by atoms with Crippen molar-refractivity contribution >= 4 is 21.7 Å². The Hall–Kier alpha value is -1.29. The Kier molecular flexibility index (Phi) is 5.05. The number of ketones is 1. The van der Waals surface area contributed by atoms with E-state index < -0.39 is 0 Å². The molecule has 16 heavy (non-hydrogen) atoms. The van der Waals surface area contributed by atoms with E-state index >= 15 is 0 Å². The zero-order valence-corrected chi connectivity index (χ0v) is 11.0. The first-order chi connectivity index (χ1) is 7.65. The number of hydrogen-bond donors (Lipinski definition) is 0. The van der Waals surface area contributed by atoms with Crippen molar-refractivity contribution in [2.45, 2.75) is 0 Å². The molecule has 0 saturated heterocycles. The molecule has 3 nitrogen and oxygen atoms in total. The Labute approximate surface area is 104 Å². The summed E-state index contributed by atoms with van der Waals surface area (Å²) < 4.78 is 3.81. The molecule has 0 unspecified atom stereocenters. The van der Waals surface area contributed by atoms with E-state index in [4.69, 9.17) is 0 Å². The van der Waals surface area contributed by atoms with E-state index in [-0.39, 0.29) is 5.78 Å². The van der Waals surface area contributed by atoms with Crippen molar-refractivity contribution in [3.63, 3.8) is 0 Å². The Morgan fingerprint density at radius 1 is 1.19 bits per heavy atom. The molecular formula is C12H15BrN2O. The second-order valence-corrected chi connectivity index (χ2v) is 3.97. The minimum absolute atomic E-state index is 0.118. The van der Waals surface area contributed by atoms with E-state index in [9.17, 15) is 4.79 Å². The lowest BCUT2D eigenvalue weighted by molar-refractivity contribution is 0.101. The van der Waals surface area contributed by atoms with Crippen LogP contribution in [-0.4, -0.2) is 20.2 Å². The summed E-state index contributed by atoms with van der Waals surface area (Å²) in [6.45, 7) is 0. The van der Waals surface area contributed by atoms with Gasteiger partial charge in [-0.2, -0.15) is 0 Å². The average Bonchev–Trinajstić information content (AvgIpc) is 2.89. The van der Waals surface area contributed by atoms with Crippen LogP contribution in [-0.2, 0) is 14.1 Å². The number of aromatic nitrogens is 2. The minimum atomic E-state index is 0.118. The molecule has 2 heterocycles. The summed E-state index contributed by atoms with van der Waals surface area (Å²) in [5.41, 5.74) is 0.747. The van der Waals surface area contributed by atoms with Crippen LogP contribution in [0.5, 0.6) is 0 Å². The first-order valence-corrected chi connectivity index (χ1v) is 6.04. The van der Waals surface area contributed by atoms with Crippen LogP contribution in [0, 0.1) is 0 Å². The van der Waals surface area contributed by atoms with Crippen molar-refractivity contribution in [2.75, 3.05) is 5.33 Å². The first-order valence-electron chi connectivity index (χ1n) is 4.92. The highest BCUT2D eigenvalue weighted by Crippen LogP contribution is 2.02. The molecule has 0 saturated carbocycles. The van der Waals surface area contributed by atoms with E-state index in [0.29, 0.717) is 5.33 Å². The fourth-order valence-electron chi connectivity index (χ4n) is 1.24. The number of hydrogen-bond acceptors (Lipinski definition) is 1. The van der Waals surface area contributed by atoms with Gasteiger partial charge in [-0.05, 0) is 24.3 Å². The average molecular weight is 283 g/mol. The Morgan fingerprint density at radius 3 is 2.12 bits per heavy atom. The van der Waals surface area contributed by atoms with Crippen LogP contribution < -0.4 is 0 Å². The van der Waals surface area contributed by atoms with Gasteiger partial charge in [0.15, 0.2) is 5.78 Å². The van der Waals surface area contributed by atoms with Crippen molar-refractivity contribution in [1.29, 1.82) is 0 Å². The van der Waals surface area contributed by atoms with Crippen LogP contribution in [0.15, 0.2) is 42.9 Å². The second kappa shape index (κ2) is 6.33. The van der Waals surface area contributed by atoms with Crippen molar-refractivity contribution in [3.8, 4) is 0 Å². The molecule has 0 amide bonds. The van der Waals surface area contributed by atoms with E-state index in [1.54, 1.807) is 0 Å². The zero-order valence-electron chi connectivity index (χ0n) is 9.43. The van der Waals surface area contributed by atoms with Crippen LogP contribution in [0.3, 0.4) is 0 Å². The van der Waals surface area contributed by atoms with E-state index in [1.807, 2.05) is 66.1 Å². The fraction of sp³-hybridized carbons (Fsp3) is 0.250. The summed E-state index contributed by atoms with van der Waals surface area (Å²) in [6.07, 6.45) is 5.86.